The molecule has 5 heteroatoms. The smallest absolute Gasteiger partial charge is 0.255 e. The van der Waals surface area contributed by atoms with Crippen molar-refractivity contribution < 1.29 is 14.6 Å². The van der Waals surface area contributed by atoms with Gasteiger partial charge < -0.3 is 20.1 Å². The van der Waals surface area contributed by atoms with Crippen LogP contribution in [0.4, 0.5) is 5.69 Å². The second-order valence-corrected chi connectivity index (χ2v) is 4.62. The maximum atomic E-state index is 12.2. The lowest BCUT2D eigenvalue weighted by Crippen LogP contribution is -2.11. The minimum Gasteiger partial charge on any atom is -0.504 e. The van der Waals surface area contributed by atoms with Crippen molar-refractivity contribution in [1.29, 1.82) is 0 Å². The number of carbonyl (C=O) groups is 1. The van der Waals surface area contributed by atoms with Crippen molar-refractivity contribution in [2.45, 2.75) is 0 Å². The summed E-state index contributed by atoms with van der Waals surface area (Å²) in [6, 6.07) is 12.0. The Hall–Kier alpha value is -2.95. The minimum atomic E-state index is -0.234. The molecule has 0 saturated heterocycles. The van der Waals surface area contributed by atoms with Crippen LogP contribution in [0.3, 0.4) is 0 Å². The zero-order valence-corrected chi connectivity index (χ0v) is 11.4. The number of anilines is 1. The molecule has 0 bridgehead atoms. The number of hydrogen-bond acceptors (Lipinski definition) is 3. The number of fused-ring (bicyclic) bond motifs is 1. The monoisotopic (exact) mass is 282 g/mol. The number of aromatic amines is 1. The third kappa shape index (κ3) is 2.53. The van der Waals surface area contributed by atoms with Gasteiger partial charge in [0.25, 0.3) is 5.91 Å². The number of hydrogen-bond donors (Lipinski definition) is 3. The summed E-state index contributed by atoms with van der Waals surface area (Å²) in [7, 11) is 1.47. The van der Waals surface area contributed by atoms with Gasteiger partial charge in [0.05, 0.1) is 7.11 Å². The molecule has 2 aromatic carbocycles. The molecule has 1 heterocycles. The lowest BCUT2D eigenvalue weighted by Gasteiger charge is -2.08. The van der Waals surface area contributed by atoms with E-state index in [2.05, 4.69) is 10.3 Å². The Morgan fingerprint density at radius 3 is 2.81 bits per heavy atom. The fourth-order valence-corrected chi connectivity index (χ4v) is 2.17. The summed E-state index contributed by atoms with van der Waals surface area (Å²) in [6.07, 6.45) is 1.83. The zero-order valence-electron chi connectivity index (χ0n) is 11.4. The molecule has 0 fully saturated rings. The Morgan fingerprint density at radius 2 is 2.05 bits per heavy atom. The predicted octanol–water partition coefficient (Wildman–Crippen LogP) is 3.13. The average Bonchev–Trinajstić information content (AvgIpc) is 2.94. The number of aromatic hydroxyl groups is 1. The van der Waals surface area contributed by atoms with Crippen molar-refractivity contribution in [3.63, 3.8) is 0 Å². The van der Waals surface area contributed by atoms with Gasteiger partial charge in [-0.25, -0.2) is 0 Å². The SMILES string of the molecule is COc1ccc(NC(=O)c2ccc3[nH]ccc3c2)cc1O. The Kier molecular flexibility index (Phi) is 3.23. The van der Waals surface area contributed by atoms with E-state index in [1.165, 1.54) is 13.2 Å². The third-order valence-electron chi connectivity index (χ3n) is 3.25. The second-order valence-electron chi connectivity index (χ2n) is 4.62. The summed E-state index contributed by atoms with van der Waals surface area (Å²) in [5.74, 6) is 0.112. The number of rotatable bonds is 3. The quantitative estimate of drug-likeness (QED) is 0.691. The summed E-state index contributed by atoms with van der Waals surface area (Å²) in [4.78, 5) is 15.3. The van der Waals surface area contributed by atoms with E-state index in [-0.39, 0.29) is 11.7 Å². The normalized spacial score (nSPS) is 10.5. The predicted molar refractivity (Wildman–Crippen MR) is 80.9 cm³/mol. The first-order valence-electron chi connectivity index (χ1n) is 6.43. The zero-order chi connectivity index (χ0) is 14.8. The van der Waals surface area contributed by atoms with Gasteiger partial charge >= 0.3 is 0 Å². The topological polar surface area (TPSA) is 74.3 Å². The average molecular weight is 282 g/mol. The van der Waals surface area contributed by atoms with Gasteiger partial charge in [0.1, 0.15) is 0 Å². The highest BCUT2D eigenvalue weighted by Crippen LogP contribution is 2.28. The Labute approximate surface area is 121 Å². The van der Waals surface area contributed by atoms with E-state index in [0.717, 1.165) is 10.9 Å². The number of phenols is 1. The van der Waals surface area contributed by atoms with Crippen LogP contribution in [-0.4, -0.2) is 23.1 Å². The molecule has 3 N–H and O–H groups in total. The molecule has 106 valence electrons. The lowest BCUT2D eigenvalue weighted by atomic mass is 10.1. The van der Waals surface area contributed by atoms with Crippen LogP contribution in [-0.2, 0) is 0 Å². The molecule has 0 saturated carbocycles. The molecule has 21 heavy (non-hydrogen) atoms. The number of phenolic OH excluding ortho intramolecular Hbond substituents is 1. The molecular weight excluding hydrogens is 268 g/mol. The van der Waals surface area contributed by atoms with E-state index in [1.807, 2.05) is 24.4 Å². The number of H-pyrrole nitrogens is 1. The molecule has 1 aromatic heterocycles. The van der Waals surface area contributed by atoms with Gasteiger partial charge in [-0.3, -0.25) is 4.79 Å². The number of aromatic nitrogens is 1. The summed E-state index contributed by atoms with van der Waals surface area (Å²) >= 11 is 0. The maximum absolute atomic E-state index is 12.2. The third-order valence-corrected chi connectivity index (χ3v) is 3.25. The number of carbonyl (C=O) groups excluding carboxylic acids is 1. The minimum absolute atomic E-state index is 0.0172. The first-order valence-corrected chi connectivity index (χ1v) is 6.43. The van der Waals surface area contributed by atoms with E-state index in [4.69, 9.17) is 4.74 Å². The Balaban J connectivity index is 1.83. The van der Waals surface area contributed by atoms with Crippen molar-refractivity contribution >= 4 is 22.5 Å². The van der Waals surface area contributed by atoms with Gasteiger partial charge in [0.2, 0.25) is 0 Å². The largest absolute Gasteiger partial charge is 0.504 e. The van der Waals surface area contributed by atoms with Crippen molar-refractivity contribution in [3.8, 4) is 11.5 Å². The molecule has 0 radical (unpaired) electrons. The fourth-order valence-electron chi connectivity index (χ4n) is 2.17. The molecule has 0 aliphatic carbocycles. The second kappa shape index (κ2) is 5.20. The molecule has 0 spiro atoms. The molecular formula is C16H14N2O3. The fraction of sp³-hybridized carbons (Fsp3) is 0.0625. The summed E-state index contributed by atoms with van der Waals surface area (Å²) < 4.78 is 4.96. The Morgan fingerprint density at radius 1 is 1.19 bits per heavy atom. The number of amides is 1. The molecule has 0 atom stereocenters. The molecule has 3 aromatic rings. The van der Waals surface area contributed by atoms with Gasteiger partial charge in [-0.05, 0) is 36.4 Å². The number of benzene rings is 2. The van der Waals surface area contributed by atoms with Gasteiger partial charge in [0, 0.05) is 34.4 Å². The van der Waals surface area contributed by atoms with Crippen LogP contribution in [0.5, 0.6) is 11.5 Å². The van der Waals surface area contributed by atoms with Gasteiger partial charge in [-0.2, -0.15) is 0 Å². The standard InChI is InChI=1S/C16H14N2O3/c1-21-15-5-3-12(9-14(15)19)18-16(20)11-2-4-13-10(8-11)6-7-17-13/h2-9,17,19H,1H3,(H,18,20). The highest BCUT2D eigenvalue weighted by atomic mass is 16.5. The molecule has 5 nitrogen and oxygen atoms in total. The summed E-state index contributed by atoms with van der Waals surface area (Å²) in [5.41, 5.74) is 2.04. The van der Waals surface area contributed by atoms with Crippen molar-refractivity contribution in [1.82, 2.24) is 4.98 Å². The maximum Gasteiger partial charge on any atom is 0.255 e. The van der Waals surface area contributed by atoms with Crippen LogP contribution in [0.1, 0.15) is 10.4 Å². The van der Waals surface area contributed by atoms with E-state index < -0.39 is 0 Å². The van der Waals surface area contributed by atoms with Crippen molar-refractivity contribution in [2.24, 2.45) is 0 Å². The number of nitrogens with one attached hydrogen (secondary N) is 2. The van der Waals surface area contributed by atoms with Crippen molar-refractivity contribution in [3.05, 3.63) is 54.2 Å². The van der Waals surface area contributed by atoms with Crippen LogP contribution in [0.25, 0.3) is 10.9 Å². The summed E-state index contributed by atoms with van der Waals surface area (Å²) in [6.45, 7) is 0. The van der Waals surface area contributed by atoms with Gasteiger partial charge in [0.15, 0.2) is 11.5 Å². The van der Waals surface area contributed by atoms with Gasteiger partial charge in [-0.1, -0.05) is 0 Å². The van der Waals surface area contributed by atoms with Crippen LogP contribution < -0.4 is 10.1 Å². The first-order chi connectivity index (χ1) is 10.2. The molecule has 0 aliphatic rings. The number of ether oxygens (including phenoxy) is 1. The Bertz CT molecular complexity index is 808. The molecule has 1 amide bonds. The molecule has 3 rings (SSSR count). The van der Waals surface area contributed by atoms with E-state index in [1.54, 1.807) is 18.2 Å². The van der Waals surface area contributed by atoms with E-state index in [0.29, 0.717) is 17.0 Å². The lowest BCUT2D eigenvalue weighted by molar-refractivity contribution is 0.102. The van der Waals surface area contributed by atoms with Crippen LogP contribution in [0, 0.1) is 0 Å². The highest BCUT2D eigenvalue weighted by Gasteiger charge is 2.09. The highest BCUT2D eigenvalue weighted by molar-refractivity contribution is 6.06. The molecule has 0 unspecified atom stereocenters. The first kappa shape index (κ1) is 13.1. The molecule has 0 aliphatic heterocycles. The summed E-state index contributed by atoms with van der Waals surface area (Å²) in [5, 5.41) is 13.4. The van der Waals surface area contributed by atoms with E-state index >= 15 is 0 Å². The number of methoxy groups -OCH3 is 1. The van der Waals surface area contributed by atoms with Crippen molar-refractivity contribution in [2.75, 3.05) is 12.4 Å². The van der Waals surface area contributed by atoms with Gasteiger partial charge in [-0.15, -0.1) is 0 Å². The van der Waals surface area contributed by atoms with Crippen LogP contribution >= 0.6 is 0 Å². The van der Waals surface area contributed by atoms with Crippen LogP contribution in [0.15, 0.2) is 48.7 Å². The van der Waals surface area contributed by atoms with Crippen LogP contribution in [0.2, 0.25) is 0 Å². The van der Waals surface area contributed by atoms with E-state index in [9.17, 15) is 9.90 Å².